The van der Waals surface area contributed by atoms with Crippen molar-refractivity contribution in [3.05, 3.63) is 69.8 Å². The Kier molecular flexibility index (Phi) is 3.75. The zero-order chi connectivity index (χ0) is 17.3. The van der Waals surface area contributed by atoms with E-state index >= 15 is 0 Å². The maximum Gasteiger partial charge on any atom is 0.270 e. The number of aromatic nitrogens is 1. The second-order valence-electron chi connectivity index (χ2n) is 4.88. The molecule has 2 aromatic carbocycles. The molecule has 0 bridgehead atoms. The molecule has 0 atom stereocenters. The smallest absolute Gasteiger partial charge is 0.270 e. The Labute approximate surface area is 134 Å². The molecule has 24 heavy (non-hydrogen) atoms. The summed E-state index contributed by atoms with van der Waals surface area (Å²) < 4.78 is 26.2. The lowest BCUT2D eigenvalue weighted by atomic mass is 10.1. The van der Waals surface area contributed by atoms with Crippen LogP contribution < -0.4 is 5.32 Å². The van der Waals surface area contributed by atoms with Crippen LogP contribution in [-0.4, -0.2) is 9.91 Å². The average molecular weight is 326 g/mol. The minimum Gasteiger partial charge on any atom is -0.339 e. The van der Waals surface area contributed by atoms with Gasteiger partial charge in [0, 0.05) is 29.3 Å². The monoisotopic (exact) mass is 326 g/mol. The van der Waals surface area contributed by atoms with Crippen molar-refractivity contribution in [1.29, 1.82) is 5.26 Å². The van der Waals surface area contributed by atoms with E-state index < -0.39 is 16.6 Å². The van der Waals surface area contributed by atoms with Gasteiger partial charge in [0.05, 0.1) is 16.0 Å². The fourth-order valence-electron chi connectivity index (χ4n) is 2.17. The number of rotatable bonds is 3. The van der Waals surface area contributed by atoms with Crippen LogP contribution in [0.3, 0.4) is 0 Å². The van der Waals surface area contributed by atoms with E-state index in [0.717, 1.165) is 12.1 Å². The van der Waals surface area contributed by atoms with E-state index in [1.54, 1.807) is 0 Å². The van der Waals surface area contributed by atoms with Crippen molar-refractivity contribution >= 4 is 28.1 Å². The SMILES string of the molecule is N#Cc1cc2cc([N+](=O)[O-])ccc2nc1Nc1ccc(F)c(F)c1. The van der Waals surface area contributed by atoms with Gasteiger partial charge >= 0.3 is 0 Å². The highest BCUT2D eigenvalue weighted by atomic mass is 19.2. The quantitative estimate of drug-likeness (QED) is 0.579. The van der Waals surface area contributed by atoms with Crippen molar-refractivity contribution in [2.24, 2.45) is 0 Å². The molecule has 0 radical (unpaired) electrons. The Morgan fingerprint density at radius 2 is 1.92 bits per heavy atom. The van der Waals surface area contributed by atoms with Crippen molar-refractivity contribution in [1.82, 2.24) is 4.98 Å². The van der Waals surface area contributed by atoms with Crippen LogP contribution in [0.15, 0.2) is 42.5 Å². The van der Waals surface area contributed by atoms with Crippen molar-refractivity contribution in [2.75, 3.05) is 5.32 Å². The molecule has 118 valence electrons. The van der Waals surface area contributed by atoms with Crippen molar-refractivity contribution < 1.29 is 13.7 Å². The zero-order valence-electron chi connectivity index (χ0n) is 12.0. The van der Waals surface area contributed by atoms with E-state index in [1.165, 1.54) is 30.3 Å². The Morgan fingerprint density at radius 1 is 1.12 bits per heavy atom. The van der Waals surface area contributed by atoms with Gasteiger partial charge in [-0.3, -0.25) is 10.1 Å². The summed E-state index contributed by atoms with van der Waals surface area (Å²) in [5, 5.41) is 23.2. The summed E-state index contributed by atoms with van der Waals surface area (Å²) in [5.41, 5.74) is 0.645. The van der Waals surface area contributed by atoms with Gasteiger partial charge in [-0.2, -0.15) is 5.26 Å². The summed E-state index contributed by atoms with van der Waals surface area (Å²) in [6.45, 7) is 0. The number of benzene rings is 2. The molecule has 0 aliphatic carbocycles. The molecule has 3 aromatic rings. The fourth-order valence-corrected chi connectivity index (χ4v) is 2.17. The number of hydrogen-bond acceptors (Lipinski definition) is 5. The molecule has 1 aromatic heterocycles. The number of hydrogen-bond donors (Lipinski definition) is 1. The van der Waals surface area contributed by atoms with E-state index in [2.05, 4.69) is 10.3 Å². The van der Waals surface area contributed by atoms with Gasteiger partial charge in [0.1, 0.15) is 11.9 Å². The summed E-state index contributed by atoms with van der Waals surface area (Å²) in [4.78, 5) is 14.5. The summed E-state index contributed by atoms with van der Waals surface area (Å²) in [7, 11) is 0. The lowest BCUT2D eigenvalue weighted by Gasteiger charge is -2.09. The van der Waals surface area contributed by atoms with Gasteiger partial charge in [-0.15, -0.1) is 0 Å². The first kappa shape index (κ1) is 15.3. The van der Waals surface area contributed by atoms with Crippen LogP contribution in [0.1, 0.15) is 5.56 Å². The highest BCUT2D eigenvalue weighted by Crippen LogP contribution is 2.26. The standard InChI is InChI=1S/C16H8F2N4O2/c17-13-3-1-11(7-14(13)18)20-16-10(8-19)5-9-6-12(22(23)24)2-4-15(9)21-16/h1-7H,(H,20,21). The van der Waals surface area contributed by atoms with Gasteiger partial charge in [0.25, 0.3) is 5.69 Å². The number of nitriles is 1. The Hall–Kier alpha value is -3.60. The number of nitro groups is 1. The fraction of sp³-hybridized carbons (Fsp3) is 0. The Bertz CT molecular complexity index is 1010. The van der Waals surface area contributed by atoms with Gasteiger partial charge in [0.15, 0.2) is 11.6 Å². The normalized spacial score (nSPS) is 10.4. The number of fused-ring (bicyclic) bond motifs is 1. The van der Waals surface area contributed by atoms with Crippen LogP contribution >= 0.6 is 0 Å². The molecular weight excluding hydrogens is 318 g/mol. The second-order valence-corrected chi connectivity index (χ2v) is 4.88. The first-order valence-corrected chi connectivity index (χ1v) is 6.69. The molecule has 1 N–H and O–H groups in total. The Balaban J connectivity index is 2.07. The first-order valence-electron chi connectivity index (χ1n) is 6.69. The molecule has 1 heterocycles. The minimum atomic E-state index is -1.03. The van der Waals surface area contributed by atoms with Crippen molar-refractivity contribution in [2.45, 2.75) is 0 Å². The maximum absolute atomic E-state index is 13.3. The third kappa shape index (κ3) is 2.83. The summed E-state index contributed by atoms with van der Waals surface area (Å²) in [6.07, 6.45) is 0. The van der Waals surface area contributed by atoms with Gasteiger partial charge < -0.3 is 5.32 Å². The predicted molar refractivity (Wildman–Crippen MR) is 82.8 cm³/mol. The van der Waals surface area contributed by atoms with Gasteiger partial charge in [-0.05, 0) is 24.3 Å². The van der Waals surface area contributed by atoms with E-state index in [-0.39, 0.29) is 22.8 Å². The van der Waals surface area contributed by atoms with Crippen LogP contribution in [0.2, 0.25) is 0 Å². The molecular formula is C16H8F2N4O2. The summed E-state index contributed by atoms with van der Waals surface area (Å²) in [6, 6.07) is 10.6. The molecule has 3 rings (SSSR count). The van der Waals surface area contributed by atoms with Crippen LogP contribution in [0.25, 0.3) is 10.9 Å². The highest BCUT2D eigenvalue weighted by Gasteiger charge is 2.12. The lowest BCUT2D eigenvalue weighted by molar-refractivity contribution is -0.384. The molecule has 0 aliphatic heterocycles. The number of pyridine rings is 1. The molecule has 6 nitrogen and oxygen atoms in total. The zero-order valence-corrected chi connectivity index (χ0v) is 12.0. The molecule has 0 fully saturated rings. The molecule has 0 saturated heterocycles. The van der Waals surface area contributed by atoms with E-state index in [1.807, 2.05) is 6.07 Å². The van der Waals surface area contributed by atoms with Crippen molar-refractivity contribution in [3.8, 4) is 6.07 Å². The third-order valence-electron chi connectivity index (χ3n) is 3.31. The van der Waals surface area contributed by atoms with E-state index in [9.17, 15) is 24.2 Å². The van der Waals surface area contributed by atoms with Gasteiger partial charge in [-0.25, -0.2) is 13.8 Å². The molecule has 0 spiro atoms. The lowest BCUT2D eigenvalue weighted by Crippen LogP contribution is -1.99. The number of nitrogens with zero attached hydrogens (tertiary/aromatic N) is 3. The van der Waals surface area contributed by atoms with Crippen LogP contribution in [0, 0.1) is 33.1 Å². The van der Waals surface area contributed by atoms with Crippen molar-refractivity contribution in [3.63, 3.8) is 0 Å². The Morgan fingerprint density at radius 3 is 2.58 bits per heavy atom. The van der Waals surface area contributed by atoms with E-state index in [0.29, 0.717) is 10.9 Å². The molecule has 0 unspecified atom stereocenters. The highest BCUT2D eigenvalue weighted by molar-refractivity contribution is 5.85. The van der Waals surface area contributed by atoms with Gasteiger partial charge in [-0.1, -0.05) is 0 Å². The number of nitrogens with one attached hydrogen (secondary N) is 1. The summed E-state index contributed by atoms with van der Waals surface area (Å²) >= 11 is 0. The predicted octanol–water partition coefficient (Wildman–Crippen LogP) is 4.04. The number of halogens is 2. The number of nitro benzene ring substituents is 1. The molecule has 0 amide bonds. The van der Waals surface area contributed by atoms with Gasteiger partial charge in [0.2, 0.25) is 0 Å². The van der Waals surface area contributed by atoms with Crippen LogP contribution in [0.4, 0.5) is 26.0 Å². The first-order chi connectivity index (χ1) is 11.5. The second kappa shape index (κ2) is 5.89. The van der Waals surface area contributed by atoms with Crippen LogP contribution in [0.5, 0.6) is 0 Å². The molecule has 8 heteroatoms. The molecule has 0 saturated carbocycles. The van der Waals surface area contributed by atoms with E-state index in [4.69, 9.17) is 0 Å². The number of non-ortho nitro benzene ring substituents is 1. The largest absolute Gasteiger partial charge is 0.339 e. The average Bonchev–Trinajstić information content (AvgIpc) is 2.57. The molecule has 0 aliphatic rings. The van der Waals surface area contributed by atoms with Crippen LogP contribution in [-0.2, 0) is 0 Å². The number of anilines is 2. The topological polar surface area (TPSA) is 91.8 Å². The maximum atomic E-state index is 13.3. The summed E-state index contributed by atoms with van der Waals surface area (Å²) in [5.74, 6) is -1.88. The third-order valence-corrected chi connectivity index (χ3v) is 3.31. The minimum absolute atomic E-state index is 0.116.